The summed E-state index contributed by atoms with van der Waals surface area (Å²) in [6, 6.07) is 3.50. The molecule has 0 bridgehead atoms. The number of aromatic nitrogens is 2. The Morgan fingerprint density at radius 1 is 1.44 bits per heavy atom. The molecule has 0 N–H and O–H groups in total. The molecule has 0 atom stereocenters. The average molecular weight is 248 g/mol. The van der Waals surface area contributed by atoms with Crippen molar-refractivity contribution in [2.45, 2.75) is 26.8 Å². The van der Waals surface area contributed by atoms with Crippen LogP contribution < -0.4 is 4.74 Å². The largest absolute Gasteiger partial charge is 0.493 e. The van der Waals surface area contributed by atoms with Gasteiger partial charge in [-0.2, -0.15) is 5.10 Å². The minimum absolute atomic E-state index is 0.203. The predicted octanol–water partition coefficient (Wildman–Crippen LogP) is 2.30. The van der Waals surface area contributed by atoms with Gasteiger partial charge in [-0.3, -0.25) is 9.48 Å². The molecule has 2 rings (SSSR count). The van der Waals surface area contributed by atoms with Gasteiger partial charge in [-0.1, -0.05) is 6.92 Å². The maximum atomic E-state index is 12.4. The van der Waals surface area contributed by atoms with Crippen LogP contribution in [0, 0.1) is 0 Å². The van der Waals surface area contributed by atoms with E-state index in [1.807, 2.05) is 19.9 Å². The number of aryl methyl sites for hydroxylation is 2. The molecule has 5 nitrogen and oxygen atoms in total. The molecule has 0 radical (unpaired) electrons. The number of nitrogens with zero attached hydrogens (tertiary/aromatic N) is 2. The smallest absolute Gasteiger partial charge is 0.249 e. The molecule has 0 saturated carbocycles. The van der Waals surface area contributed by atoms with Crippen molar-refractivity contribution in [3.63, 3.8) is 0 Å². The van der Waals surface area contributed by atoms with Crippen molar-refractivity contribution < 1.29 is 13.9 Å². The Kier molecular flexibility index (Phi) is 3.50. The fraction of sp³-hybridized carbons (Fsp3) is 0.385. The molecule has 0 aliphatic carbocycles. The van der Waals surface area contributed by atoms with E-state index in [1.165, 1.54) is 7.11 Å². The van der Waals surface area contributed by atoms with Gasteiger partial charge >= 0.3 is 0 Å². The number of hydrogen-bond acceptors (Lipinski definition) is 4. The molecule has 96 valence electrons. The molecule has 0 aromatic carbocycles. The third kappa shape index (κ3) is 2.03. The number of hydrogen-bond donors (Lipinski definition) is 0. The van der Waals surface area contributed by atoms with Crippen molar-refractivity contribution in [1.29, 1.82) is 0 Å². The fourth-order valence-corrected chi connectivity index (χ4v) is 1.79. The van der Waals surface area contributed by atoms with E-state index in [-0.39, 0.29) is 5.78 Å². The molecule has 2 aromatic heterocycles. The molecule has 5 heteroatoms. The summed E-state index contributed by atoms with van der Waals surface area (Å²) < 4.78 is 12.2. The summed E-state index contributed by atoms with van der Waals surface area (Å²) in [5.74, 6) is 1.38. The second kappa shape index (κ2) is 5.08. The zero-order valence-electron chi connectivity index (χ0n) is 10.8. The highest BCUT2D eigenvalue weighted by Crippen LogP contribution is 2.22. The Labute approximate surface area is 105 Å². The lowest BCUT2D eigenvalue weighted by molar-refractivity contribution is 0.0994. The van der Waals surface area contributed by atoms with E-state index in [0.717, 1.165) is 12.2 Å². The third-order valence-electron chi connectivity index (χ3n) is 2.77. The van der Waals surface area contributed by atoms with Gasteiger partial charge in [0.15, 0.2) is 17.2 Å². The Bertz CT molecular complexity index is 533. The summed E-state index contributed by atoms with van der Waals surface area (Å²) in [4.78, 5) is 12.4. The molecule has 0 spiro atoms. The van der Waals surface area contributed by atoms with Crippen LogP contribution in [0.25, 0.3) is 0 Å². The molecule has 0 aliphatic heterocycles. The summed E-state index contributed by atoms with van der Waals surface area (Å²) in [5.41, 5.74) is 0.428. The minimum atomic E-state index is -0.203. The number of furan rings is 1. The fourth-order valence-electron chi connectivity index (χ4n) is 1.79. The first-order valence-electron chi connectivity index (χ1n) is 5.94. The lowest BCUT2D eigenvalue weighted by Gasteiger charge is -2.04. The lowest BCUT2D eigenvalue weighted by Crippen LogP contribution is -2.11. The summed E-state index contributed by atoms with van der Waals surface area (Å²) in [7, 11) is 1.52. The molecule has 18 heavy (non-hydrogen) atoms. The standard InChI is InChI=1S/C13H16N2O3/c1-4-9-6-7-10(18-9)13(16)12-11(17-3)8-14-15(12)5-2/h6-8H,4-5H2,1-3H3. The van der Waals surface area contributed by atoms with Gasteiger partial charge in [-0.25, -0.2) is 0 Å². The Balaban J connectivity index is 2.41. The molecular weight excluding hydrogens is 232 g/mol. The van der Waals surface area contributed by atoms with Crippen LogP contribution >= 0.6 is 0 Å². The van der Waals surface area contributed by atoms with E-state index in [4.69, 9.17) is 9.15 Å². The summed E-state index contributed by atoms with van der Waals surface area (Å²) >= 11 is 0. The number of carbonyl (C=O) groups is 1. The molecule has 0 saturated heterocycles. The topological polar surface area (TPSA) is 57.3 Å². The zero-order chi connectivity index (χ0) is 13.1. The van der Waals surface area contributed by atoms with Gasteiger partial charge in [0.05, 0.1) is 13.3 Å². The minimum Gasteiger partial charge on any atom is -0.493 e. The predicted molar refractivity (Wildman–Crippen MR) is 66.0 cm³/mol. The molecule has 0 aliphatic rings. The maximum absolute atomic E-state index is 12.4. The monoisotopic (exact) mass is 248 g/mol. The van der Waals surface area contributed by atoms with Crippen molar-refractivity contribution in [3.05, 3.63) is 35.5 Å². The Morgan fingerprint density at radius 2 is 2.22 bits per heavy atom. The lowest BCUT2D eigenvalue weighted by atomic mass is 10.2. The first-order chi connectivity index (χ1) is 8.71. The average Bonchev–Trinajstić information content (AvgIpc) is 3.03. The number of rotatable bonds is 5. The van der Waals surface area contributed by atoms with Gasteiger partial charge < -0.3 is 9.15 Å². The van der Waals surface area contributed by atoms with Crippen LogP contribution in [0.2, 0.25) is 0 Å². The van der Waals surface area contributed by atoms with Gasteiger partial charge in [0, 0.05) is 13.0 Å². The molecule has 0 amide bonds. The Morgan fingerprint density at radius 3 is 2.78 bits per heavy atom. The first-order valence-corrected chi connectivity index (χ1v) is 5.94. The first kappa shape index (κ1) is 12.4. The van der Waals surface area contributed by atoms with Crippen molar-refractivity contribution in [2.24, 2.45) is 0 Å². The summed E-state index contributed by atoms with van der Waals surface area (Å²) in [6.07, 6.45) is 2.30. The molecule has 0 fully saturated rings. The van der Waals surface area contributed by atoms with Gasteiger partial charge in [0.1, 0.15) is 5.76 Å². The van der Waals surface area contributed by atoms with Gasteiger partial charge in [0.2, 0.25) is 5.78 Å². The SMILES string of the molecule is CCc1ccc(C(=O)c2c(OC)cnn2CC)o1. The van der Waals surface area contributed by atoms with E-state index in [9.17, 15) is 4.79 Å². The number of ether oxygens (including phenoxy) is 1. The van der Waals surface area contributed by atoms with Crippen molar-refractivity contribution in [1.82, 2.24) is 9.78 Å². The van der Waals surface area contributed by atoms with E-state index in [1.54, 1.807) is 16.9 Å². The third-order valence-corrected chi connectivity index (χ3v) is 2.77. The van der Waals surface area contributed by atoms with Crippen LogP contribution in [0.4, 0.5) is 0 Å². The van der Waals surface area contributed by atoms with Crippen LogP contribution in [-0.4, -0.2) is 22.7 Å². The number of carbonyl (C=O) groups excluding carboxylic acids is 1. The summed E-state index contributed by atoms with van der Waals surface area (Å²) in [6.45, 7) is 4.50. The van der Waals surface area contributed by atoms with Crippen LogP contribution in [-0.2, 0) is 13.0 Å². The van der Waals surface area contributed by atoms with E-state index >= 15 is 0 Å². The maximum Gasteiger partial charge on any atom is 0.249 e. The molecule has 2 heterocycles. The van der Waals surface area contributed by atoms with Crippen molar-refractivity contribution >= 4 is 5.78 Å². The zero-order valence-corrected chi connectivity index (χ0v) is 10.8. The van der Waals surface area contributed by atoms with E-state index in [0.29, 0.717) is 23.7 Å². The highest BCUT2D eigenvalue weighted by atomic mass is 16.5. The number of methoxy groups -OCH3 is 1. The van der Waals surface area contributed by atoms with Crippen molar-refractivity contribution in [2.75, 3.05) is 7.11 Å². The molecule has 2 aromatic rings. The van der Waals surface area contributed by atoms with Crippen LogP contribution in [0.1, 0.15) is 35.9 Å². The van der Waals surface area contributed by atoms with E-state index in [2.05, 4.69) is 5.10 Å². The van der Waals surface area contributed by atoms with Gasteiger partial charge in [0.25, 0.3) is 0 Å². The highest BCUT2D eigenvalue weighted by Gasteiger charge is 2.22. The van der Waals surface area contributed by atoms with Crippen LogP contribution in [0.5, 0.6) is 5.75 Å². The van der Waals surface area contributed by atoms with Crippen LogP contribution in [0.3, 0.4) is 0 Å². The Hall–Kier alpha value is -2.04. The quantitative estimate of drug-likeness (QED) is 0.762. The normalized spacial score (nSPS) is 10.6. The summed E-state index contributed by atoms with van der Waals surface area (Å²) in [5, 5.41) is 4.11. The molecule has 0 unspecified atom stereocenters. The van der Waals surface area contributed by atoms with E-state index < -0.39 is 0 Å². The highest BCUT2D eigenvalue weighted by molar-refractivity contribution is 6.07. The van der Waals surface area contributed by atoms with Gasteiger partial charge in [-0.15, -0.1) is 0 Å². The van der Waals surface area contributed by atoms with Gasteiger partial charge in [-0.05, 0) is 19.1 Å². The van der Waals surface area contributed by atoms with Crippen molar-refractivity contribution in [3.8, 4) is 5.75 Å². The van der Waals surface area contributed by atoms with Crippen LogP contribution in [0.15, 0.2) is 22.7 Å². The molecular formula is C13H16N2O3. The second-order valence-corrected chi connectivity index (χ2v) is 3.83. The number of ketones is 1. The second-order valence-electron chi connectivity index (χ2n) is 3.83.